The molecule has 1 aliphatic heterocycles. The van der Waals surface area contributed by atoms with Crippen LogP contribution in [0.4, 0.5) is 13.2 Å². The lowest BCUT2D eigenvalue weighted by Crippen LogP contribution is -2.44. The van der Waals surface area contributed by atoms with E-state index in [0.29, 0.717) is 24.3 Å². The number of fused-ring (bicyclic) bond motifs is 1. The van der Waals surface area contributed by atoms with Crippen LogP contribution in [-0.2, 0) is 21.0 Å². The summed E-state index contributed by atoms with van der Waals surface area (Å²) in [6, 6.07) is 4.73. The number of rotatable bonds is 2. The van der Waals surface area contributed by atoms with Gasteiger partial charge in [-0.3, -0.25) is 4.79 Å². The maximum atomic E-state index is 13.2. The van der Waals surface area contributed by atoms with Gasteiger partial charge in [0.1, 0.15) is 0 Å². The lowest BCUT2D eigenvalue weighted by molar-refractivity contribution is -0.137. The molecular weight excluding hydrogens is 403 g/mol. The Morgan fingerprint density at radius 1 is 1.21 bits per heavy atom. The van der Waals surface area contributed by atoms with Crippen molar-refractivity contribution in [1.29, 1.82) is 0 Å². The summed E-state index contributed by atoms with van der Waals surface area (Å²) in [5.41, 5.74) is -0.787. The lowest BCUT2D eigenvalue weighted by Gasteiger charge is -2.37. The standard InChI is InChI=1S/C21H24F3NO3S/c1-19(2)13-6-7-20(19)11-29(27,28)25(17(20)9-13)18(26)16-10-15(16)12-4-3-5-14(8-12)21(22,23)24/h3-5,8,13,15-17H,6-7,9-11H2,1-2H3/t13-,15-,16+,17+,20-/m0/s1. The molecule has 1 heterocycles. The smallest absolute Gasteiger partial charge is 0.273 e. The first-order chi connectivity index (χ1) is 13.4. The molecule has 2 bridgehead atoms. The summed E-state index contributed by atoms with van der Waals surface area (Å²) < 4.78 is 66.2. The van der Waals surface area contributed by atoms with Crippen LogP contribution in [0.1, 0.15) is 56.6 Å². The van der Waals surface area contributed by atoms with Crippen molar-refractivity contribution in [2.75, 3.05) is 5.75 Å². The van der Waals surface area contributed by atoms with E-state index in [9.17, 15) is 26.4 Å². The zero-order valence-electron chi connectivity index (χ0n) is 16.4. The second-order valence-electron chi connectivity index (χ2n) is 9.83. The number of sulfonamides is 1. The summed E-state index contributed by atoms with van der Waals surface area (Å²) in [7, 11) is -3.70. The van der Waals surface area contributed by atoms with E-state index in [1.807, 2.05) is 0 Å². The number of halogens is 3. The van der Waals surface area contributed by atoms with Gasteiger partial charge in [0.15, 0.2) is 0 Å². The van der Waals surface area contributed by atoms with Gasteiger partial charge in [-0.1, -0.05) is 32.0 Å². The third-order valence-electron chi connectivity index (χ3n) is 8.38. The van der Waals surface area contributed by atoms with E-state index in [-0.39, 0.29) is 28.5 Å². The van der Waals surface area contributed by atoms with Gasteiger partial charge in [0.05, 0.1) is 17.4 Å². The predicted molar refractivity (Wildman–Crippen MR) is 100 cm³/mol. The average molecular weight is 427 g/mol. The number of alkyl halides is 3. The molecule has 3 saturated carbocycles. The number of hydrogen-bond donors (Lipinski definition) is 0. The minimum absolute atomic E-state index is 0.0147. The van der Waals surface area contributed by atoms with Crippen LogP contribution in [-0.4, -0.2) is 30.4 Å². The largest absolute Gasteiger partial charge is 0.416 e. The van der Waals surface area contributed by atoms with Gasteiger partial charge in [-0.25, -0.2) is 12.7 Å². The third-order valence-corrected chi connectivity index (χ3v) is 10.3. The molecule has 1 aromatic carbocycles. The molecule has 1 spiro atoms. The number of nitrogens with zero attached hydrogens (tertiary/aromatic N) is 1. The maximum Gasteiger partial charge on any atom is 0.416 e. The average Bonchev–Trinajstić information content (AvgIpc) is 3.28. The van der Waals surface area contributed by atoms with Crippen molar-refractivity contribution in [3.63, 3.8) is 0 Å². The summed E-state index contributed by atoms with van der Waals surface area (Å²) in [4.78, 5) is 13.2. The van der Waals surface area contributed by atoms with Gasteiger partial charge in [-0.15, -0.1) is 0 Å². The zero-order chi connectivity index (χ0) is 21.0. The molecule has 1 aromatic rings. The summed E-state index contributed by atoms with van der Waals surface area (Å²) >= 11 is 0. The molecule has 0 aromatic heterocycles. The molecule has 4 fully saturated rings. The van der Waals surface area contributed by atoms with Crippen LogP contribution in [0.5, 0.6) is 0 Å². The number of carbonyl (C=O) groups is 1. The second-order valence-corrected chi connectivity index (χ2v) is 11.7. The van der Waals surface area contributed by atoms with E-state index >= 15 is 0 Å². The number of amides is 1. The number of benzene rings is 1. The topological polar surface area (TPSA) is 54.5 Å². The summed E-state index contributed by atoms with van der Waals surface area (Å²) in [5.74, 6) is -0.885. The van der Waals surface area contributed by atoms with Crippen molar-refractivity contribution >= 4 is 15.9 Å². The Hall–Kier alpha value is -1.57. The second kappa shape index (κ2) is 5.56. The number of hydrogen-bond acceptors (Lipinski definition) is 3. The van der Waals surface area contributed by atoms with E-state index < -0.39 is 33.6 Å². The fourth-order valence-corrected chi connectivity index (χ4v) is 9.11. The molecule has 4 nitrogen and oxygen atoms in total. The highest BCUT2D eigenvalue weighted by Crippen LogP contribution is 2.70. The van der Waals surface area contributed by atoms with Crippen molar-refractivity contribution in [3.8, 4) is 0 Å². The van der Waals surface area contributed by atoms with Crippen LogP contribution >= 0.6 is 0 Å². The molecule has 0 unspecified atom stereocenters. The Morgan fingerprint density at radius 2 is 1.93 bits per heavy atom. The minimum atomic E-state index is -4.44. The summed E-state index contributed by atoms with van der Waals surface area (Å²) in [6.45, 7) is 4.24. The first-order valence-electron chi connectivity index (χ1n) is 10.1. The Kier molecular flexibility index (Phi) is 3.72. The molecule has 5 rings (SSSR count). The Morgan fingerprint density at radius 3 is 2.59 bits per heavy atom. The molecule has 158 valence electrons. The number of carbonyl (C=O) groups excluding carboxylic acids is 1. The van der Waals surface area contributed by atoms with Crippen LogP contribution < -0.4 is 0 Å². The van der Waals surface area contributed by atoms with E-state index in [1.165, 1.54) is 6.07 Å². The van der Waals surface area contributed by atoms with Crippen LogP contribution in [0.2, 0.25) is 0 Å². The molecule has 8 heteroatoms. The van der Waals surface area contributed by atoms with Crippen LogP contribution in [0.25, 0.3) is 0 Å². The quantitative estimate of drug-likeness (QED) is 0.712. The van der Waals surface area contributed by atoms with Crippen LogP contribution in [0, 0.1) is 22.7 Å². The SMILES string of the molecule is CC1(C)[C@H]2CC[C@@]13CS(=O)(=O)N(C(=O)[C@@H]1C[C@H]1c1cccc(C(F)(F)F)c1)[C@@H]3C2. The molecule has 5 atom stereocenters. The van der Waals surface area contributed by atoms with Gasteiger partial charge in [-0.05, 0) is 54.6 Å². The lowest BCUT2D eigenvalue weighted by atomic mass is 9.69. The molecule has 1 amide bonds. The monoisotopic (exact) mass is 427 g/mol. The van der Waals surface area contributed by atoms with E-state index in [4.69, 9.17) is 0 Å². The summed E-state index contributed by atoms with van der Waals surface area (Å²) in [5, 5.41) is 0. The molecular formula is C21H24F3NO3S. The van der Waals surface area contributed by atoms with Gasteiger partial charge >= 0.3 is 6.18 Å². The fraction of sp³-hybridized carbons (Fsp3) is 0.667. The molecule has 0 N–H and O–H groups in total. The molecule has 3 aliphatic carbocycles. The third kappa shape index (κ3) is 2.50. The molecule has 29 heavy (non-hydrogen) atoms. The van der Waals surface area contributed by atoms with Crippen molar-refractivity contribution in [3.05, 3.63) is 35.4 Å². The highest BCUT2D eigenvalue weighted by molar-refractivity contribution is 7.90. The van der Waals surface area contributed by atoms with E-state index in [2.05, 4.69) is 13.8 Å². The first kappa shape index (κ1) is 19.4. The van der Waals surface area contributed by atoms with Crippen molar-refractivity contribution in [1.82, 2.24) is 4.31 Å². The van der Waals surface area contributed by atoms with E-state index in [0.717, 1.165) is 29.3 Å². The van der Waals surface area contributed by atoms with Gasteiger partial charge in [-0.2, -0.15) is 13.2 Å². The molecule has 1 saturated heterocycles. The molecule has 4 aliphatic rings. The highest BCUT2D eigenvalue weighted by atomic mass is 32.2. The Bertz CT molecular complexity index is 1000. The van der Waals surface area contributed by atoms with Gasteiger partial charge in [0, 0.05) is 11.3 Å². The predicted octanol–water partition coefficient (Wildman–Crippen LogP) is 4.18. The van der Waals surface area contributed by atoms with Crippen LogP contribution in [0.3, 0.4) is 0 Å². The normalized spacial score (nSPS) is 38.9. The van der Waals surface area contributed by atoms with Crippen molar-refractivity contribution in [2.45, 2.75) is 57.7 Å². The summed E-state index contributed by atoms with van der Waals surface area (Å²) in [6.07, 6.45) is -1.52. The minimum Gasteiger partial charge on any atom is -0.273 e. The van der Waals surface area contributed by atoms with Gasteiger partial charge < -0.3 is 0 Å². The van der Waals surface area contributed by atoms with E-state index in [1.54, 1.807) is 6.07 Å². The highest BCUT2D eigenvalue weighted by Gasteiger charge is 2.73. The van der Waals surface area contributed by atoms with Gasteiger partial charge in [0.25, 0.3) is 0 Å². The molecule has 0 radical (unpaired) electrons. The van der Waals surface area contributed by atoms with Crippen molar-refractivity contribution < 1.29 is 26.4 Å². The first-order valence-corrected chi connectivity index (χ1v) is 11.7. The Labute approximate surface area is 168 Å². The fourth-order valence-electron chi connectivity index (χ4n) is 6.52. The van der Waals surface area contributed by atoms with Crippen molar-refractivity contribution in [2.24, 2.45) is 22.7 Å². The zero-order valence-corrected chi connectivity index (χ0v) is 17.2. The Balaban J connectivity index is 1.42. The van der Waals surface area contributed by atoms with Crippen LogP contribution in [0.15, 0.2) is 24.3 Å². The maximum absolute atomic E-state index is 13.2. The van der Waals surface area contributed by atoms with Gasteiger partial charge in [0.2, 0.25) is 15.9 Å².